The number of hydrogen-bond donors (Lipinski definition) is 0. The van der Waals surface area contributed by atoms with E-state index in [1.807, 2.05) is 30.3 Å². The maximum atomic E-state index is 12.8. The molecule has 3 rings (SSSR count). The SMILES string of the molecule is CS(=O)(=O)N1CCCC1C(=O)N1CCOC(c2ccccc2)C1. The molecule has 1 aromatic carbocycles. The minimum atomic E-state index is -3.35. The van der Waals surface area contributed by atoms with Gasteiger partial charge in [0.05, 0.1) is 19.4 Å². The van der Waals surface area contributed by atoms with Crippen LogP contribution in [-0.4, -0.2) is 62.1 Å². The van der Waals surface area contributed by atoms with Crippen LogP contribution in [0.5, 0.6) is 0 Å². The van der Waals surface area contributed by atoms with Crippen LogP contribution in [0.3, 0.4) is 0 Å². The van der Waals surface area contributed by atoms with Crippen LogP contribution in [0.15, 0.2) is 30.3 Å². The van der Waals surface area contributed by atoms with Gasteiger partial charge in [-0.05, 0) is 18.4 Å². The lowest BCUT2D eigenvalue weighted by Crippen LogP contribution is -2.51. The van der Waals surface area contributed by atoms with Crippen LogP contribution in [0.2, 0.25) is 0 Å². The summed E-state index contributed by atoms with van der Waals surface area (Å²) in [6.07, 6.45) is 2.35. The van der Waals surface area contributed by atoms with Crippen molar-refractivity contribution in [3.63, 3.8) is 0 Å². The average Bonchev–Trinajstić information content (AvgIpc) is 3.05. The number of hydrogen-bond acceptors (Lipinski definition) is 4. The molecule has 2 heterocycles. The number of carbonyl (C=O) groups is 1. The van der Waals surface area contributed by atoms with Gasteiger partial charge in [-0.1, -0.05) is 30.3 Å². The molecule has 2 unspecified atom stereocenters. The molecule has 0 spiro atoms. The Kier molecular flexibility index (Phi) is 4.70. The Morgan fingerprint density at radius 1 is 1.22 bits per heavy atom. The zero-order valence-corrected chi connectivity index (χ0v) is 14.0. The first kappa shape index (κ1) is 16.4. The van der Waals surface area contributed by atoms with E-state index in [9.17, 15) is 13.2 Å². The second-order valence-corrected chi connectivity index (χ2v) is 8.02. The van der Waals surface area contributed by atoms with E-state index in [-0.39, 0.29) is 12.0 Å². The van der Waals surface area contributed by atoms with Gasteiger partial charge in [0.25, 0.3) is 0 Å². The molecular weight excluding hydrogens is 316 g/mol. The molecule has 1 aromatic rings. The van der Waals surface area contributed by atoms with Gasteiger partial charge in [0.2, 0.25) is 15.9 Å². The van der Waals surface area contributed by atoms with Crippen molar-refractivity contribution in [2.45, 2.75) is 25.0 Å². The summed E-state index contributed by atoms with van der Waals surface area (Å²) >= 11 is 0. The Hall–Kier alpha value is -1.44. The Balaban J connectivity index is 1.72. The van der Waals surface area contributed by atoms with E-state index in [0.29, 0.717) is 32.7 Å². The quantitative estimate of drug-likeness (QED) is 0.825. The van der Waals surface area contributed by atoms with Crippen LogP contribution in [0, 0.1) is 0 Å². The topological polar surface area (TPSA) is 66.9 Å². The number of rotatable bonds is 3. The third-order valence-corrected chi connectivity index (χ3v) is 5.75. The van der Waals surface area contributed by atoms with E-state index in [0.717, 1.165) is 12.0 Å². The standard InChI is InChI=1S/C16H22N2O4S/c1-23(20,21)18-9-5-8-14(18)16(19)17-10-11-22-15(12-17)13-6-3-2-4-7-13/h2-4,6-7,14-15H,5,8-12H2,1H3. The maximum absolute atomic E-state index is 12.8. The van der Waals surface area contributed by atoms with Crippen molar-refractivity contribution >= 4 is 15.9 Å². The molecule has 2 saturated heterocycles. The molecule has 2 aliphatic rings. The van der Waals surface area contributed by atoms with Crippen LogP contribution in [0.4, 0.5) is 0 Å². The summed E-state index contributed by atoms with van der Waals surface area (Å²) in [5.41, 5.74) is 1.04. The lowest BCUT2D eigenvalue weighted by Gasteiger charge is -2.36. The molecule has 2 aliphatic heterocycles. The fourth-order valence-corrected chi connectivity index (χ4v) is 4.43. The second kappa shape index (κ2) is 6.59. The van der Waals surface area contributed by atoms with E-state index < -0.39 is 16.1 Å². The highest BCUT2D eigenvalue weighted by Crippen LogP contribution is 2.26. The average molecular weight is 338 g/mol. The van der Waals surface area contributed by atoms with Crippen LogP contribution in [0.25, 0.3) is 0 Å². The van der Waals surface area contributed by atoms with Crippen molar-refractivity contribution in [2.75, 3.05) is 32.5 Å². The van der Waals surface area contributed by atoms with E-state index in [2.05, 4.69) is 0 Å². The molecule has 6 nitrogen and oxygen atoms in total. The maximum Gasteiger partial charge on any atom is 0.241 e. The molecule has 2 fully saturated rings. The second-order valence-electron chi connectivity index (χ2n) is 6.09. The van der Waals surface area contributed by atoms with Crippen LogP contribution in [-0.2, 0) is 19.6 Å². The normalized spacial score (nSPS) is 26.4. The van der Waals surface area contributed by atoms with Crippen molar-refractivity contribution in [2.24, 2.45) is 0 Å². The number of amides is 1. The van der Waals surface area contributed by atoms with Crippen molar-refractivity contribution in [3.05, 3.63) is 35.9 Å². The third-order valence-electron chi connectivity index (χ3n) is 4.46. The van der Waals surface area contributed by atoms with Gasteiger partial charge in [-0.15, -0.1) is 0 Å². The van der Waals surface area contributed by atoms with E-state index in [4.69, 9.17) is 4.74 Å². The highest BCUT2D eigenvalue weighted by atomic mass is 32.2. The van der Waals surface area contributed by atoms with E-state index in [1.165, 1.54) is 10.6 Å². The summed E-state index contributed by atoms with van der Waals surface area (Å²) in [6, 6.07) is 9.25. The smallest absolute Gasteiger partial charge is 0.241 e. The lowest BCUT2D eigenvalue weighted by molar-refractivity contribution is -0.142. The lowest BCUT2D eigenvalue weighted by atomic mass is 10.1. The highest BCUT2D eigenvalue weighted by molar-refractivity contribution is 7.88. The fraction of sp³-hybridized carbons (Fsp3) is 0.562. The molecule has 0 radical (unpaired) electrons. The predicted octanol–water partition coefficient (Wildman–Crippen LogP) is 1.01. The Bertz CT molecular complexity index is 662. The summed E-state index contributed by atoms with van der Waals surface area (Å²) in [5, 5.41) is 0. The first-order valence-corrected chi connectivity index (χ1v) is 9.74. The first-order valence-electron chi connectivity index (χ1n) is 7.89. The predicted molar refractivity (Wildman–Crippen MR) is 86.3 cm³/mol. The van der Waals surface area contributed by atoms with Crippen LogP contribution >= 0.6 is 0 Å². The van der Waals surface area contributed by atoms with Gasteiger partial charge in [0, 0.05) is 13.1 Å². The van der Waals surface area contributed by atoms with Gasteiger partial charge in [-0.3, -0.25) is 4.79 Å². The summed E-state index contributed by atoms with van der Waals surface area (Å²) in [4.78, 5) is 14.5. The summed E-state index contributed by atoms with van der Waals surface area (Å²) < 4.78 is 30.8. The fourth-order valence-electron chi connectivity index (χ4n) is 3.31. The monoisotopic (exact) mass is 338 g/mol. The molecule has 0 N–H and O–H groups in total. The van der Waals surface area contributed by atoms with Crippen molar-refractivity contribution < 1.29 is 17.9 Å². The third kappa shape index (κ3) is 3.57. The first-order chi connectivity index (χ1) is 11.0. The van der Waals surface area contributed by atoms with E-state index >= 15 is 0 Å². The summed E-state index contributed by atoms with van der Waals surface area (Å²) in [6.45, 7) is 1.88. The van der Waals surface area contributed by atoms with Gasteiger partial charge in [-0.25, -0.2) is 8.42 Å². The molecule has 7 heteroatoms. The molecule has 23 heavy (non-hydrogen) atoms. The van der Waals surface area contributed by atoms with Gasteiger partial charge in [0.1, 0.15) is 12.1 Å². The Morgan fingerprint density at radius 3 is 2.65 bits per heavy atom. The van der Waals surface area contributed by atoms with Crippen LogP contribution in [0.1, 0.15) is 24.5 Å². The van der Waals surface area contributed by atoms with Crippen LogP contribution < -0.4 is 0 Å². The molecule has 0 bridgehead atoms. The molecule has 0 aliphatic carbocycles. The minimum Gasteiger partial charge on any atom is -0.370 e. The van der Waals surface area contributed by atoms with Gasteiger partial charge < -0.3 is 9.64 Å². The summed E-state index contributed by atoms with van der Waals surface area (Å²) in [7, 11) is -3.35. The zero-order valence-electron chi connectivity index (χ0n) is 13.2. The van der Waals surface area contributed by atoms with Crippen molar-refractivity contribution in [1.82, 2.24) is 9.21 Å². The molecule has 1 amide bonds. The number of carbonyl (C=O) groups excluding carboxylic acids is 1. The number of nitrogens with zero attached hydrogens (tertiary/aromatic N) is 2. The molecule has 2 atom stereocenters. The van der Waals surface area contributed by atoms with Gasteiger partial charge in [0.15, 0.2) is 0 Å². The highest BCUT2D eigenvalue weighted by Gasteiger charge is 2.39. The zero-order chi connectivity index (χ0) is 16.4. The number of morpholine rings is 1. The Morgan fingerprint density at radius 2 is 1.96 bits per heavy atom. The number of sulfonamides is 1. The van der Waals surface area contributed by atoms with Gasteiger partial charge in [-0.2, -0.15) is 4.31 Å². The van der Waals surface area contributed by atoms with E-state index in [1.54, 1.807) is 4.90 Å². The molecule has 126 valence electrons. The van der Waals surface area contributed by atoms with Gasteiger partial charge >= 0.3 is 0 Å². The summed E-state index contributed by atoms with van der Waals surface area (Å²) in [5.74, 6) is -0.0999. The molecule has 0 saturated carbocycles. The largest absolute Gasteiger partial charge is 0.370 e. The Labute approximate surface area is 137 Å². The number of benzene rings is 1. The molecule has 0 aromatic heterocycles. The molecular formula is C16H22N2O4S. The van der Waals surface area contributed by atoms with Crippen molar-refractivity contribution in [3.8, 4) is 0 Å². The minimum absolute atomic E-state index is 0.0999. The number of ether oxygens (including phenoxy) is 1. The van der Waals surface area contributed by atoms with Crippen molar-refractivity contribution in [1.29, 1.82) is 0 Å².